The number of fused-ring (bicyclic) bond motifs is 1. The van der Waals surface area contributed by atoms with Crippen LogP contribution in [0, 0.1) is 12.7 Å². The van der Waals surface area contributed by atoms with Crippen molar-refractivity contribution in [3.8, 4) is 0 Å². The van der Waals surface area contributed by atoms with Gasteiger partial charge in [-0.15, -0.1) is 0 Å². The number of nitrogens with one attached hydrogen (secondary N) is 1. The number of rotatable bonds is 7. The lowest BCUT2D eigenvalue weighted by Gasteiger charge is -2.09. The van der Waals surface area contributed by atoms with Crippen molar-refractivity contribution in [2.45, 2.75) is 32.6 Å². The molecule has 0 aliphatic rings. The van der Waals surface area contributed by atoms with Gasteiger partial charge >= 0.3 is 5.97 Å². The molecule has 2 N–H and O–H groups in total. The van der Waals surface area contributed by atoms with Gasteiger partial charge in [0.25, 0.3) is 5.91 Å². The van der Waals surface area contributed by atoms with Crippen LogP contribution in [-0.4, -0.2) is 28.5 Å². The van der Waals surface area contributed by atoms with Gasteiger partial charge in [-0.3, -0.25) is 14.6 Å². The zero-order valence-corrected chi connectivity index (χ0v) is 12.9. The van der Waals surface area contributed by atoms with E-state index in [-0.39, 0.29) is 12.3 Å². The summed E-state index contributed by atoms with van der Waals surface area (Å²) in [5.41, 5.74) is 1.67. The first kappa shape index (κ1) is 16.9. The van der Waals surface area contributed by atoms with Crippen LogP contribution < -0.4 is 5.32 Å². The number of carbonyl (C=O) groups excluding carboxylic acids is 1. The van der Waals surface area contributed by atoms with Crippen molar-refractivity contribution in [2.24, 2.45) is 0 Å². The van der Waals surface area contributed by atoms with Gasteiger partial charge in [-0.2, -0.15) is 0 Å². The van der Waals surface area contributed by atoms with Gasteiger partial charge in [0.15, 0.2) is 0 Å². The number of unbranched alkanes of at least 4 members (excludes halogenated alkanes) is 2. The molecule has 0 saturated heterocycles. The molecule has 0 unspecified atom stereocenters. The lowest BCUT2D eigenvalue weighted by atomic mass is 10.1. The van der Waals surface area contributed by atoms with Crippen LogP contribution in [0.1, 0.15) is 41.7 Å². The molecule has 2 aromatic rings. The molecule has 0 aliphatic heterocycles. The highest BCUT2D eigenvalue weighted by Gasteiger charge is 2.12. The van der Waals surface area contributed by atoms with Crippen molar-refractivity contribution in [1.82, 2.24) is 10.3 Å². The predicted octanol–water partition coefficient (Wildman–Crippen LogP) is 3.06. The second-order valence-corrected chi connectivity index (χ2v) is 5.43. The highest BCUT2D eigenvalue weighted by atomic mass is 19.1. The van der Waals surface area contributed by atoms with Crippen LogP contribution >= 0.6 is 0 Å². The van der Waals surface area contributed by atoms with Gasteiger partial charge in [-0.1, -0.05) is 6.42 Å². The van der Waals surface area contributed by atoms with Crippen LogP contribution in [0.15, 0.2) is 24.3 Å². The van der Waals surface area contributed by atoms with E-state index in [0.29, 0.717) is 41.5 Å². The van der Waals surface area contributed by atoms with Crippen molar-refractivity contribution in [3.63, 3.8) is 0 Å². The summed E-state index contributed by atoms with van der Waals surface area (Å²) in [5.74, 6) is -1.50. The zero-order valence-electron chi connectivity index (χ0n) is 12.9. The highest BCUT2D eigenvalue weighted by Crippen LogP contribution is 2.19. The van der Waals surface area contributed by atoms with Crippen LogP contribution in [0.3, 0.4) is 0 Å². The van der Waals surface area contributed by atoms with E-state index in [0.717, 1.165) is 6.42 Å². The number of aromatic nitrogens is 1. The van der Waals surface area contributed by atoms with Crippen LogP contribution in [0.5, 0.6) is 0 Å². The van der Waals surface area contributed by atoms with Gasteiger partial charge in [0.05, 0.1) is 11.1 Å². The number of pyridine rings is 1. The van der Waals surface area contributed by atoms with E-state index in [1.807, 2.05) is 0 Å². The van der Waals surface area contributed by atoms with E-state index < -0.39 is 11.8 Å². The topological polar surface area (TPSA) is 79.3 Å². The highest BCUT2D eigenvalue weighted by molar-refractivity contribution is 6.06. The minimum atomic E-state index is -0.810. The Morgan fingerprint density at radius 2 is 2.00 bits per heavy atom. The predicted molar refractivity (Wildman–Crippen MR) is 84.9 cm³/mol. The lowest BCUT2D eigenvalue weighted by molar-refractivity contribution is -0.137. The van der Waals surface area contributed by atoms with E-state index >= 15 is 0 Å². The fourth-order valence-electron chi connectivity index (χ4n) is 2.39. The molecule has 0 radical (unpaired) electrons. The molecule has 6 heteroatoms. The van der Waals surface area contributed by atoms with Gasteiger partial charge in [0, 0.05) is 24.0 Å². The molecule has 1 heterocycles. The number of aryl methyl sites for hydroxylation is 1. The fourth-order valence-corrected chi connectivity index (χ4v) is 2.39. The van der Waals surface area contributed by atoms with E-state index in [1.165, 1.54) is 12.1 Å². The Labute approximate surface area is 133 Å². The second-order valence-electron chi connectivity index (χ2n) is 5.43. The quantitative estimate of drug-likeness (QED) is 0.769. The van der Waals surface area contributed by atoms with Crippen molar-refractivity contribution >= 4 is 22.8 Å². The minimum Gasteiger partial charge on any atom is -0.481 e. The van der Waals surface area contributed by atoms with E-state index in [1.54, 1.807) is 19.1 Å². The number of hydrogen-bond donors (Lipinski definition) is 2. The number of nitrogens with zero attached hydrogens (tertiary/aromatic N) is 1. The third-order valence-corrected chi connectivity index (χ3v) is 3.50. The number of amides is 1. The summed E-state index contributed by atoms with van der Waals surface area (Å²) >= 11 is 0. The third kappa shape index (κ3) is 4.74. The molecule has 1 amide bonds. The molecule has 0 fully saturated rings. The normalized spacial score (nSPS) is 10.7. The van der Waals surface area contributed by atoms with Crippen LogP contribution in [-0.2, 0) is 4.79 Å². The average molecular weight is 318 g/mol. The maximum absolute atomic E-state index is 13.4. The SMILES string of the molecule is Cc1cc(C(=O)NCCCCCC(=O)O)c2cc(F)ccc2n1. The maximum atomic E-state index is 13.4. The molecule has 122 valence electrons. The van der Waals surface area contributed by atoms with Gasteiger partial charge in [-0.25, -0.2) is 4.39 Å². The molecular formula is C17H19FN2O3. The molecule has 1 aromatic carbocycles. The molecule has 0 aliphatic carbocycles. The van der Waals surface area contributed by atoms with Crippen molar-refractivity contribution in [3.05, 3.63) is 41.3 Å². The first-order valence-electron chi connectivity index (χ1n) is 7.54. The largest absolute Gasteiger partial charge is 0.481 e. The van der Waals surface area contributed by atoms with Crippen LogP contribution in [0.4, 0.5) is 4.39 Å². The number of carboxylic acids is 1. The van der Waals surface area contributed by atoms with Gasteiger partial charge in [0.2, 0.25) is 0 Å². The van der Waals surface area contributed by atoms with Crippen LogP contribution in [0.2, 0.25) is 0 Å². The maximum Gasteiger partial charge on any atom is 0.303 e. The van der Waals surface area contributed by atoms with E-state index in [9.17, 15) is 14.0 Å². The Bertz CT molecular complexity index is 731. The molecule has 0 atom stereocenters. The van der Waals surface area contributed by atoms with Crippen LogP contribution in [0.25, 0.3) is 10.9 Å². The average Bonchev–Trinajstić information content (AvgIpc) is 2.49. The lowest BCUT2D eigenvalue weighted by Crippen LogP contribution is -2.25. The number of hydrogen-bond acceptors (Lipinski definition) is 3. The zero-order chi connectivity index (χ0) is 16.8. The summed E-state index contributed by atoms with van der Waals surface area (Å²) in [6, 6.07) is 5.82. The Balaban J connectivity index is 2.00. The number of halogens is 1. The Morgan fingerprint density at radius 3 is 2.74 bits per heavy atom. The van der Waals surface area contributed by atoms with E-state index in [2.05, 4.69) is 10.3 Å². The first-order chi connectivity index (χ1) is 11.0. The third-order valence-electron chi connectivity index (χ3n) is 3.50. The van der Waals surface area contributed by atoms with Crippen molar-refractivity contribution in [2.75, 3.05) is 6.54 Å². The minimum absolute atomic E-state index is 0.140. The van der Waals surface area contributed by atoms with Crippen molar-refractivity contribution in [1.29, 1.82) is 0 Å². The Morgan fingerprint density at radius 1 is 1.22 bits per heavy atom. The van der Waals surface area contributed by atoms with Gasteiger partial charge < -0.3 is 10.4 Å². The summed E-state index contributed by atoms with van der Waals surface area (Å²) in [7, 11) is 0. The first-order valence-corrected chi connectivity index (χ1v) is 7.54. The molecule has 1 aromatic heterocycles. The van der Waals surface area contributed by atoms with Gasteiger partial charge in [-0.05, 0) is 44.0 Å². The Kier molecular flexibility index (Phi) is 5.62. The van der Waals surface area contributed by atoms with Crippen molar-refractivity contribution < 1.29 is 19.1 Å². The molecular weight excluding hydrogens is 299 g/mol. The molecule has 0 bridgehead atoms. The molecule has 0 saturated carbocycles. The number of aliphatic carboxylic acids is 1. The second kappa shape index (κ2) is 7.67. The summed E-state index contributed by atoms with van der Waals surface area (Å²) in [6.07, 6.45) is 2.17. The number of carbonyl (C=O) groups is 2. The summed E-state index contributed by atoms with van der Waals surface area (Å²) in [6.45, 7) is 2.24. The molecule has 23 heavy (non-hydrogen) atoms. The molecule has 5 nitrogen and oxygen atoms in total. The standard InChI is InChI=1S/C17H19FN2O3/c1-11-9-14(13-10-12(18)6-7-15(13)20-11)17(23)19-8-4-2-3-5-16(21)22/h6-7,9-10H,2-5,8H2,1H3,(H,19,23)(H,21,22). The summed E-state index contributed by atoms with van der Waals surface area (Å²) < 4.78 is 13.4. The summed E-state index contributed by atoms with van der Waals surface area (Å²) in [5, 5.41) is 11.8. The van der Waals surface area contributed by atoms with E-state index in [4.69, 9.17) is 5.11 Å². The molecule has 0 spiro atoms. The molecule has 2 rings (SSSR count). The van der Waals surface area contributed by atoms with Gasteiger partial charge in [0.1, 0.15) is 5.82 Å². The Hall–Kier alpha value is -2.50. The monoisotopic (exact) mass is 318 g/mol. The number of benzene rings is 1. The number of carboxylic acid groups (broad SMARTS) is 1. The smallest absolute Gasteiger partial charge is 0.303 e. The summed E-state index contributed by atoms with van der Waals surface area (Å²) in [4.78, 5) is 27.0. The fraction of sp³-hybridized carbons (Fsp3) is 0.353.